The summed E-state index contributed by atoms with van der Waals surface area (Å²) in [7, 11) is 0. The second kappa shape index (κ2) is 8.10. The standard InChI is InChI=1S/C22H23N7O2/c1-11(12(2)23)19(24)22(31)27-16-7-15-8-17(28-20(15)26-10-16)14-5-6-25-18(9-14)29-21(30)13-3-4-13/h5-11,13,23-24H,3-4H2,1-2H3,(H,26,28)(H,27,31)(H,25,29,30). The molecule has 1 atom stereocenters. The highest BCUT2D eigenvalue weighted by atomic mass is 16.2. The van der Waals surface area contributed by atoms with Gasteiger partial charge in [0.05, 0.1) is 11.9 Å². The molecular weight excluding hydrogens is 394 g/mol. The van der Waals surface area contributed by atoms with Crippen molar-refractivity contribution in [3.05, 3.63) is 36.7 Å². The quantitative estimate of drug-likeness (QED) is 0.373. The van der Waals surface area contributed by atoms with E-state index in [2.05, 4.69) is 25.6 Å². The number of carbonyl (C=O) groups is 2. The highest BCUT2D eigenvalue weighted by molar-refractivity contribution is 6.45. The van der Waals surface area contributed by atoms with Crippen LogP contribution < -0.4 is 10.6 Å². The molecule has 1 fully saturated rings. The van der Waals surface area contributed by atoms with Gasteiger partial charge in [-0.05, 0) is 44.0 Å². The monoisotopic (exact) mass is 417 g/mol. The Kier molecular flexibility index (Phi) is 5.33. The smallest absolute Gasteiger partial charge is 0.270 e. The first kappa shape index (κ1) is 20.4. The van der Waals surface area contributed by atoms with Crippen LogP contribution in [0.4, 0.5) is 11.5 Å². The normalized spacial score (nSPS) is 14.1. The first-order chi connectivity index (χ1) is 14.8. The van der Waals surface area contributed by atoms with E-state index in [0.717, 1.165) is 29.5 Å². The molecule has 0 spiro atoms. The summed E-state index contributed by atoms with van der Waals surface area (Å²) in [5, 5.41) is 21.9. The number of amides is 2. The molecular formula is C22H23N7O2. The van der Waals surface area contributed by atoms with Crippen molar-refractivity contribution in [2.24, 2.45) is 11.8 Å². The fourth-order valence-corrected chi connectivity index (χ4v) is 3.09. The minimum atomic E-state index is -0.554. The third-order valence-corrected chi connectivity index (χ3v) is 5.33. The van der Waals surface area contributed by atoms with Crippen LogP contribution in [0, 0.1) is 22.7 Å². The number of hydrogen-bond donors (Lipinski definition) is 5. The number of aromatic amines is 1. The molecule has 1 aliphatic carbocycles. The summed E-state index contributed by atoms with van der Waals surface area (Å²) in [6, 6.07) is 7.31. The highest BCUT2D eigenvalue weighted by Gasteiger charge is 2.29. The van der Waals surface area contributed by atoms with E-state index >= 15 is 0 Å². The fourth-order valence-electron chi connectivity index (χ4n) is 3.09. The Morgan fingerprint density at radius 3 is 2.65 bits per heavy atom. The molecule has 0 radical (unpaired) electrons. The van der Waals surface area contributed by atoms with Crippen molar-refractivity contribution in [3.8, 4) is 11.3 Å². The van der Waals surface area contributed by atoms with Crippen LogP contribution in [0.3, 0.4) is 0 Å². The summed E-state index contributed by atoms with van der Waals surface area (Å²) in [4.78, 5) is 36.1. The lowest BCUT2D eigenvalue weighted by molar-refractivity contribution is -0.117. The predicted molar refractivity (Wildman–Crippen MR) is 120 cm³/mol. The maximum Gasteiger partial charge on any atom is 0.270 e. The topological polar surface area (TPSA) is 147 Å². The van der Waals surface area contributed by atoms with E-state index in [1.54, 1.807) is 32.2 Å². The van der Waals surface area contributed by atoms with E-state index in [1.165, 1.54) is 6.20 Å². The van der Waals surface area contributed by atoms with E-state index in [0.29, 0.717) is 17.2 Å². The number of carbonyl (C=O) groups excluding carboxylic acids is 2. The summed E-state index contributed by atoms with van der Waals surface area (Å²) in [5.41, 5.74) is 2.86. The van der Waals surface area contributed by atoms with Gasteiger partial charge in [0.15, 0.2) is 0 Å². The molecule has 4 rings (SSSR count). The summed E-state index contributed by atoms with van der Waals surface area (Å²) in [6.07, 6.45) is 5.01. The molecule has 158 valence electrons. The zero-order chi connectivity index (χ0) is 22.1. The Balaban J connectivity index is 1.52. The molecule has 2 amide bonds. The lowest BCUT2D eigenvalue weighted by Crippen LogP contribution is -2.30. The Labute approximate surface area is 178 Å². The molecule has 9 heteroatoms. The van der Waals surface area contributed by atoms with E-state index in [-0.39, 0.29) is 23.2 Å². The maximum atomic E-state index is 12.3. The molecule has 0 aromatic carbocycles. The Hall–Kier alpha value is -3.88. The van der Waals surface area contributed by atoms with Crippen LogP contribution in [-0.2, 0) is 9.59 Å². The third kappa shape index (κ3) is 4.50. The van der Waals surface area contributed by atoms with Crippen LogP contribution in [0.5, 0.6) is 0 Å². The fraction of sp³-hybridized carbons (Fsp3) is 0.273. The van der Waals surface area contributed by atoms with Crippen LogP contribution in [0.1, 0.15) is 26.7 Å². The van der Waals surface area contributed by atoms with Crippen molar-refractivity contribution in [1.82, 2.24) is 15.0 Å². The third-order valence-electron chi connectivity index (χ3n) is 5.33. The van der Waals surface area contributed by atoms with Crippen LogP contribution >= 0.6 is 0 Å². The zero-order valence-corrected chi connectivity index (χ0v) is 17.2. The van der Waals surface area contributed by atoms with Crippen LogP contribution in [0.15, 0.2) is 36.7 Å². The molecule has 1 saturated carbocycles. The summed E-state index contributed by atoms with van der Waals surface area (Å²) >= 11 is 0. The largest absolute Gasteiger partial charge is 0.339 e. The molecule has 9 nitrogen and oxygen atoms in total. The summed E-state index contributed by atoms with van der Waals surface area (Å²) < 4.78 is 0. The summed E-state index contributed by atoms with van der Waals surface area (Å²) in [5.74, 6) is -0.494. The number of rotatable bonds is 7. The van der Waals surface area contributed by atoms with Gasteiger partial charge in [-0.25, -0.2) is 9.97 Å². The second-order valence-electron chi connectivity index (χ2n) is 7.81. The molecule has 3 aromatic rings. The first-order valence-corrected chi connectivity index (χ1v) is 10.0. The van der Waals surface area contributed by atoms with Crippen LogP contribution in [0.25, 0.3) is 22.3 Å². The molecule has 0 saturated heterocycles. The van der Waals surface area contributed by atoms with Gasteiger partial charge in [-0.1, -0.05) is 6.92 Å². The van der Waals surface area contributed by atoms with Gasteiger partial charge in [0, 0.05) is 40.4 Å². The Morgan fingerprint density at radius 1 is 1.16 bits per heavy atom. The van der Waals surface area contributed by atoms with Crippen LogP contribution in [-0.4, -0.2) is 38.2 Å². The highest BCUT2D eigenvalue weighted by Crippen LogP contribution is 2.31. The van der Waals surface area contributed by atoms with E-state index < -0.39 is 11.8 Å². The van der Waals surface area contributed by atoms with Gasteiger partial charge in [-0.2, -0.15) is 0 Å². The van der Waals surface area contributed by atoms with E-state index in [9.17, 15) is 9.59 Å². The molecule has 1 aliphatic rings. The van der Waals surface area contributed by atoms with Crippen molar-refractivity contribution in [2.75, 3.05) is 10.6 Å². The van der Waals surface area contributed by atoms with Gasteiger partial charge in [-0.3, -0.25) is 15.0 Å². The van der Waals surface area contributed by atoms with Gasteiger partial charge in [0.2, 0.25) is 5.91 Å². The predicted octanol–water partition coefficient (Wildman–Crippen LogP) is 3.61. The van der Waals surface area contributed by atoms with E-state index in [1.807, 2.05) is 12.1 Å². The Bertz CT molecular complexity index is 1210. The number of fused-ring (bicyclic) bond motifs is 1. The van der Waals surface area contributed by atoms with Crippen molar-refractivity contribution < 1.29 is 9.59 Å². The van der Waals surface area contributed by atoms with Crippen molar-refractivity contribution in [2.45, 2.75) is 26.7 Å². The zero-order valence-electron chi connectivity index (χ0n) is 17.2. The second-order valence-corrected chi connectivity index (χ2v) is 7.81. The number of anilines is 2. The SMILES string of the molecule is CC(=N)C(C)C(=N)C(=O)Nc1cnc2[nH]c(-c3ccnc(NC(=O)C4CC4)c3)cc2c1. The number of pyridine rings is 2. The van der Waals surface area contributed by atoms with Crippen LogP contribution in [0.2, 0.25) is 0 Å². The molecule has 0 bridgehead atoms. The van der Waals surface area contributed by atoms with Gasteiger partial charge in [0.1, 0.15) is 17.2 Å². The van der Waals surface area contributed by atoms with Gasteiger partial charge in [-0.15, -0.1) is 0 Å². The van der Waals surface area contributed by atoms with Gasteiger partial charge >= 0.3 is 0 Å². The minimum absolute atomic E-state index is 0.00134. The lowest BCUT2D eigenvalue weighted by Gasteiger charge is -2.11. The number of nitrogens with one attached hydrogen (secondary N) is 5. The van der Waals surface area contributed by atoms with Crippen molar-refractivity contribution in [1.29, 1.82) is 10.8 Å². The number of H-pyrrole nitrogens is 1. The maximum absolute atomic E-state index is 12.3. The number of nitrogens with zero attached hydrogens (tertiary/aromatic N) is 2. The lowest BCUT2D eigenvalue weighted by atomic mass is 10.0. The molecule has 0 aliphatic heterocycles. The molecule has 1 unspecified atom stereocenters. The average molecular weight is 417 g/mol. The molecule has 5 N–H and O–H groups in total. The number of aromatic nitrogens is 3. The summed E-state index contributed by atoms with van der Waals surface area (Å²) in [6.45, 7) is 3.23. The first-order valence-electron chi connectivity index (χ1n) is 10.0. The minimum Gasteiger partial charge on any atom is -0.339 e. The van der Waals surface area contributed by atoms with Gasteiger partial charge in [0.25, 0.3) is 5.91 Å². The van der Waals surface area contributed by atoms with Crippen molar-refractivity contribution in [3.63, 3.8) is 0 Å². The van der Waals surface area contributed by atoms with Crippen molar-refractivity contribution >= 4 is 45.8 Å². The number of hydrogen-bond acceptors (Lipinski definition) is 6. The molecule has 31 heavy (non-hydrogen) atoms. The average Bonchev–Trinajstić information content (AvgIpc) is 3.52. The van der Waals surface area contributed by atoms with E-state index in [4.69, 9.17) is 10.8 Å². The molecule has 3 aromatic heterocycles. The molecule has 3 heterocycles. The van der Waals surface area contributed by atoms with Gasteiger partial charge < -0.3 is 21.0 Å². The Morgan fingerprint density at radius 2 is 1.94 bits per heavy atom.